The summed E-state index contributed by atoms with van der Waals surface area (Å²) in [5.41, 5.74) is 0. The number of amides is 1. The molecule has 0 saturated carbocycles. The molecule has 2 aromatic heterocycles. The summed E-state index contributed by atoms with van der Waals surface area (Å²) >= 11 is 7.70. The summed E-state index contributed by atoms with van der Waals surface area (Å²) in [6.45, 7) is 2.05. The monoisotopic (exact) mass is 349 g/mol. The van der Waals surface area contributed by atoms with Crippen molar-refractivity contribution in [2.24, 2.45) is 0 Å². The van der Waals surface area contributed by atoms with Gasteiger partial charge in [0.15, 0.2) is 4.34 Å². The first-order chi connectivity index (χ1) is 8.19. The van der Waals surface area contributed by atoms with E-state index in [1.165, 1.54) is 22.7 Å². The van der Waals surface area contributed by atoms with Gasteiger partial charge in [-0.15, -0.1) is 21.5 Å². The Morgan fingerprint density at radius 2 is 2.41 bits per heavy atom. The molecular formula is C9H8BrN3OS3. The molecule has 0 fully saturated rings. The molecule has 0 aliphatic carbocycles. The lowest BCUT2D eigenvalue weighted by atomic mass is 10.4. The standard InChI is InChI=1S/C9H8BrN3OS3/c1-2-15-9-13-12-8(17-9)11-7(14)6-3-5(10)4-16-6/h3-4H,2H2,1H3,(H,11,12,14). The van der Waals surface area contributed by atoms with E-state index in [0.29, 0.717) is 10.0 Å². The van der Waals surface area contributed by atoms with E-state index in [2.05, 4.69) is 31.4 Å². The number of carbonyl (C=O) groups is 1. The van der Waals surface area contributed by atoms with E-state index in [0.717, 1.165) is 14.6 Å². The number of hydrogen-bond donors (Lipinski definition) is 1. The molecule has 0 bridgehead atoms. The van der Waals surface area contributed by atoms with Crippen LogP contribution in [0.15, 0.2) is 20.3 Å². The lowest BCUT2D eigenvalue weighted by Crippen LogP contribution is -2.09. The average molecular weight is 350 g/mol. The minimum atomic E-state index is -0.148. The lowest BCUT2D eigenvalue weighted by molar-refractivity contribution is 0.103. The fourth-order valence-corrected chi connectivity index (χ4v) is 4.00. The fraction of sp³-hybridized carbons (Fsp3) is 0.222. The Balaban J connectivity index is 2.02. The van der Waals surface area contributed by atoms with Gasteiger partial charge in [-0.25, -0.2) is 0 Å². The van der Waals surface area contributed by atoms with Crippen LogP contribution in [0, 0.1) is 0 Å². The molecule has 17 heavy (non-hydrogen) atoms. The zero-order chi connectivity index (χ0) is 12.3. The molecule has 0 spiro atoms. The number of halogens is 1. The van der Waals surface area contributed by atoms with Gasteiger partial charge in [-0.1, -0.05) is 30.0 Å². The van der Waals surface area contributed by atoms with E-state index >= 15 is 0 Å². The Morgan fingerprint density at radius 1 is 1.59 bits per heavy atom. The smallest absolute Gasteiger partial charge is 0.267 e. The van der Waals surface area contributed by atoms with Gasteiger partial charge >= 0.3 is 0 Å². The minimum absolute atomic E-state index is 0.148. The van der Waals surface area contributed by atoms with Crippen molar-refractivity contribution in [2.45, 2.75) is 11.3 Å². The third-order valence-electron chi connectivity index (χ3n) is 1.69. The largest absolute Gasteiger partial charge is 0.296 e. The van der Waals surface area contributed by atoms with Gasteiger partial charge in [0.25, 0.3) is 5.91 Å². The molecule has 1 N–H and O–H groups in total. The number of nitrogens with zero attached hydrogens (tertiary/aromatic N) is 2. The van der Waals surface area contributed by atoms with Crippen molar-refractivity contribution in [2.75, 3.05) is 11.1 Å². The maximum absolute atomic E-state index is 11.8. The van der Waals surface area contributed by atoms with Crippen LogP contribution in [0.1, 0.15) is 16.6 Å². The van der Waals surface area contributed by atoms with Crippen LogP contribution in [0.4, 0.5) is 5.13 Å². The second-order valence-electron chi connectivity index (χ2n) is 2.89. The van der Waals surface area contributed by atoms with Gasteiger partial charge in [0, 0.05) is 9.85 Å². The second-order valence-corrected chi connectivity index (χ2v) is 7.21. The van der Waals surface area contributed by atoms with E-state index in [1.54, 1.807) is 17.8 Å². The molecule has 0 unspecified atom stereocenters. The number of carbonyl (C=O) groups excluding carboxylic acids is 1. The fourth-order valence-electron chi connectivity index (χ4n) is 1.03. The number of hydrogen-bond acceptors (Lipinski definition) is 6. The summed E-state index contributed by atoms with van der Waals surface area (Å²) in [5, 5.41) is 13.0. The first kappa shape index (κ1) is 13.0. The van der Waals surface area contributed by atoms with Gasteiger partial charge in [0.05, 0.1) is 4.88 Å². The molecule has 4 nitrogen and oxygen atoms in total. The predicted molar refractivity (Wildman–Crippen MR) is 76.3 cm³/mol. The average Bonchev–Trinajstić information content (AvgIpc) is 2.88. The topological polar surface area (TPSA) is 54.9 Å². The van der Waals surface area contributed by atoms with E-state index < -0.39 is 0 Å². The Hall–Kier alpha value is -0.440. The molecule has 2 aromatic rings. The van der Waals surface area contributed by atoms with Gasteiger partial charge in [-0.05, 0) is 27.7 Å². The maximum atomic E-state index is 11.8. The number of anilines is 1. The van der Waals surface area contributed by atoms with Gasteiger partial charge < -0.3 is 0 Å². The van der Waals surface area contributed by atoms with Crippen LogP contribution in [0.25, 0.3) is 0 Å². The summed E-state index contributed by atoms with van der Waals surface area (Å²) in [7, 11) is 0. The summed E-state index contributed by atoms with van der Waals surface area (Å²) in [5.74, 6) is 0.797. The molecule has 1 amide bonds. The van der Waals surface area contributed by atoms with Gasteiger partial charge in [-0.2, -0.15) is 0 Å². The zero-order valence-corrected chi connectivity index (χ0v) is 12.8. The third-order valence-corrected chi connectivity index (χ3v) is 5.23. The van der Waals surface area contributed by atoms with Crippen molar-refractivity contribution in [3.63, 3.8) is 0 Å². The number of thioether (sulfide) groups is 1. The summed E-state index contributed by atoms with van der Waals surface area (Å²) in [4.78, 5) is 12.5. The molecule has 2 rings (SSSR count). The van der Waals surface area contributed by atoms with E-state index in [1.807, 2.05) is 12.3 Å². The maximum Gasteiger partial charge on any atom is 0.267 e. The summed E-state index contributed by atoms with van der Waals surface area (Å²) in [6, 6.07) is 1.78. The second kappa shape index (κ2) is 5.94. The Bertz CT molecular complexity index is 525. The molecule has 0 saturated heterocycles. The number of nitrogens with one attached hydrogen (secondary N) is 1. The molecule has 8 heteroatoms. The molecule has 0 aliphatic rings. The van der Waals surface area contributed by atoms with Crippen molar-refractivity contribution in [3.8, 4) is 0 Å². The van der Waals surface area contributed by atoms with Crippen LogP contribution in [-0.2, 0) is 0 Å². The highest BCUT2D eigenvalue weighted by Gasteiger charge is 2.11. The Labute approximate surface area is 119 Å². The van der Waals surface area contributed by atoms with Crippen molar-refractivity contribution in [1.29, 1.82) is 0 Å². The predicted octanol–water partition coefficient (Wildman–Crippen LogP) is 3.73. The zero-order valence-electron chi connectivity index (χ0n) is 8.77. The SMILES string of the molecule is CCSc1nnc(NC(=O)c2cc(Br)cs2)s1. The molecule has 2 heterocycles. The van der Waals surface area contributed by atoms with Crippen LogP contribution in [-0.4, -0.2) is 21.9 Å². The molecule has 0 radical (unpaired) electrons. The van der Waals surface area contributed by atoms with Crippen LogP contribution in [0.3, 0.4) is 0 Å². The molecular weight excluding hydrogens is 342 g/mol. The highest BCUT2D eigenvalue weighted by molar-refractivity contribution is 9.10. The number of aromatic nitrogens is 2. The van der Waals surface area contributed by atoms with Gasteiger partial charge in [0.1, 0.15) is 0 Å². The van der Waals surface area contributed by atoms with E-state index in [4.69, 9.17) is 0 Å². The van der Waals surface area contributed by atoms with E-state index in [9.17, 15) is 4.79 Å². The minimum Gasteiger partial charge on any atom is -0.296 e. The lowest BCUT2D eigenvalue weighted by Gasteiger charge is -1.96. The quantitative estimate of drug-likeness (QED) is 0.674. The molecule has 0 aromatic carbocycles. The van der Waals surface area contributed by atoms with Crippen molar-refractivity contribution in [1.82, 2.24) is 10.2 Å². The van der Waals surface area contributed by atoms with Crippen molar-refractivity contribution < 1.29 is 4.79 Å². The third kappa shape index (κ3) is 3.51. The first-order valence-corrected chi connectivity index (χ1v) is 8.18. The highest BCUT2D eigenvalue weighted by atomic mass is 79.9. The molecule has 0 atom stereocenters. The summed E-state index contributed by atoms with van der Waals surface area (Å²) in [6.07, 6.45) is 0. The van der Waals surface area contributed by atoms with Gasteiger partial charge in [-0.3, -0.25) is 10.1 Å². The molecule has 0 aliphatic heterocycles. The Morgan fingerprint density at radius 3 is 3.06 bits per heavy atom. The van der Waals surface area contributed by atoms with Gasteiger partial charge in [0.2, 0.25) is 5.13 Å². The normalized spacial score (nSPS) is 10.5. The highest BCUT2D eigenvalue weighted by Crippen LogP contribution is 2.26. The number of thiophene rings is 1. The molecule has 90 valence electrons. The van der Waals surface area contributed by atoms with E-state index in [-0.39, 0.29) is 5.91 Å². The summed E-state index contributed by atoms with van der Waals surface area (Å²) < 4.78 is 1.78. The van der Waals surface area contributed by atoms with Crippen LogP contribution in [0.2, 0.25) is 0 Å². The van der Waals surface area contributed by atoms with Crippen molar-refractivity contribution in [3.05, 3.63) is 20.8 Å². The Kier molecular flexibility index (Phi) is 4.55. The van der Waals surface area contributed by atoms with Crippen LogP contribution in [0.5, 0.6) is 0 Å². The number of rotatable bonds is 4. The first-order valence-electron chi connectivity index (χ1n) is 4.70. The van der Waals surface area contributed by atoms with Crippen LogP contribution < -0.4 is 5.32 Å². The van der Waals surface area contributed by atoms with Crippen molar-refractivity contribution >= 4 is 61.4 Å². The van der Waals surface area contributed by atoms with Crippen LogP contribution >= 0.6 is 50.4 Å².